The number of anilines is 1. The summed E-state index contributed by atoms with van der Waals surface area (Å²) in [6.45, 7) is 2.39. The fraction of sp³-hybridized carbons (Fsp3) is 0.545. The van der Waals surface area contributed by atoms with E-state index >= 15 is 0 Å². The van der Waals surface area contributed by atoms with Crippen LogP contribution in [0.2, 0.25) is 0 Å². The zero-order chi connectivity index (χ0) is 22.8. The molecule has 3 aliphatic rings. The molecule has 0 atom stereocenters. The second kappa shape index (κ2) is 8.80. The van der Waals surface area contributed by atoms with E-state index in [9.17, 15) is 14.4 Å². The predicted octanol–water partition coefficient (Wildman–Crippen LogP) is 0.956. The summed E-state index contributed by atoms with van der Waals surface area (Å²) >= 11 is 0. The van der Waals surface area contributed by atoms with Crippen molar-refractivity contribution in [1.29, 1.82) is 0 Å². The summed E-state index contributed by atoms with van der Waals surface area (Å²) in [4.78, 5) is 43.2. The van der Waals surface area contributed by atoms with Gasteiger partial charge in [-0.15, -0.1) is 0 Å². The molecule has 1 aromatic heterocycles. The number of nitrogens with zero attached hydrogens (tertiary/aromatic N) is 7. The number of nitrogens with one attached hydrogen (secondary N) is 1. The molecule has 1 aromatic carbocycles. The smallest absolute Gasteiger partial charge is 0.325 e. The van der Waals surface area contributed by atoms with Crippen LogP contribution in [0.15, 0.2) is 30.3 Å². The standard InChI is InChI=1S/C22H28N8O3/c31-18(9-12-29-19(32)22(23-21(29)33)10-5-2-6-11-22)27-13-15-28(16-14-27)20-24-25-26-30(20)17-7-3-1-4-8-17/h1,3-4,7-8H,2,5-6,9-16H2,(H,23,33). The topological polar surface area (TPSA) is 117 Å². The zero-order valence-corrected chi connectivity index (χ0v) is 18.5. The number of hydrogen-bond donors (Lipinski definition) is 1. The molecule has 0 bridgehead atoms. The Hall–Kier alpha value is -3.50. The van der Waals surface area contributed by atoms with E-state index < -0.39 is 5.54 Å². The first kappa shape index (κ1) is 21.4. The van der Waals surface area contributed by atoms with E-state index in [1.807, 2.05) is 30.3 Å². The molecule has 5 rings (SSSR count). The largest absolute Gasteiger partial charge is 0.339 e. The number of benzene rings is 1. The normalized spacial score (nSPS) is 20.4. The molecular formula is C22H28N8O3. The van der Waals surface area contributed by atoms with E-state index in [4.69, 9.17) is 0 Å². The van der Waals surface area contributed by atoms with E-state index in [0.29, 0.717) is 45.0 Å². The van der Waals surface area contributed by atoms with Crippen molar-refractivity contribution in [3.05, 3.63) is 30.3 Å². The zero-order valence-electron chi connectivity index (χ0n) is 18.5. The number of piperazine rings is 1. The Labute approximate surface area is 191 Å². The maximum atomic E-state index is 12.9. The lowest BCUT2D eigenvalue weighted by Crippen LogP contribution is -2.50. The molecule has 33 heavy (non-hydrogen) atoms. The number of urea groups is 1. The summed E-state index contributed by atoms with van der Waals surface area (Å²) in [5.41, 5.74) is 0.132. The Morgan fingerprint density at radius 2 is 1.73 bits per heavy atom. The highest BCUT2D eigenvalue weighted by Gasteiger charge is 2.51. The third kappa shape index (κ3) is 4.03. The Morgan fingerprint density at radius 3 is 2.45 bits per heavy atom. The van der Waals surface area contributed by atoms with Crippen molar-refractivity contribution < 1.29 is 14.4 Å². The second-order valence-corrected chi connectivity index (χ2v) is 8.87. The lowest BCUT2D eigenvalue weighted by atomic mass is 9.82. The average Bonchev–Trinajstić information content (AvgIpc) is 3.42. The molecule has 174 valence electrons. The molecule has 3 heterocycles. The van der Waals surface area contributed by atoms with Gasteiger partial charge in [0.25, 0.3) is 5.91 Å². The molecule has 11 nitrogen and oxygen atoms in total. The minimum absolute atomic E-state index is 0.0532. The Kier molecular flexibility index (Phi) is 5.69. The van der Waals surface area contributed by atoms with Crippen molar-refractivity contribution >= 4 is 23.8 Å². The van der Waals surface area contributed by atoms with Crippen LogP contribution in [0.4, 0.5) is 10.7 Å². The van der Waals surface area contributed by atoms with Crippen molar-refractivity contribution in [3.8, 4) is 5.69 Å². The number of aromatic nitrogens is 4. The lowest BCUT2D eigenvalue weighted by molar-refractivity contribution is -0.134. The van der Waals surface area contributed by atoms with E-state index in [1.54, 1.807) is 9.58 Å². The van der Waals surface area contributed by atoms with Crippen LogP contribution >= 0.6 is 0 Å². The molecule has 4 amide bonds. The SMILES string of the molecule is O=C(CCN1C(=O)NC2(CCCCC2)C1=O)N1CCN(c2nnnn2-c2ccccc2)CC1. The Bertz CT molecular complexity index is 1030. The van der Waals surface area contributed by atoms with Crippen molar-refractivity contribution in [2.45, 2.75) is 44.1 Å². The summed E-state index contributed by atoms with van der Waals surface area (Å²) < 4.78 is 1.69. The number of tetrazole rings is 1. The van der Waals surface area contributed by atoms with Crippen LogP contribution in [0.1, 0.15) is 38.5 Å². The molecule has 1 saturated carbocycles. The lowest BCUT2D eigenvalue weighted by Gasteiger charge is -2.35. The highest BCUT2D eigenvalue weighted by Crippen LogP contribution is 2.33. The van der Waals surface area contributed by atoms with Gasteiger partial charge in [0, 0.05) is 39.1 Å². The van der Waals surface area contributed by atoms with Crippen LogP contribution in [0.25, 0.3) is 5.69 Å². The third-order valence-electron chi connectivity index (χ3n) is 6.87. The first-order chi connectivity index (χ1) is 16.1. The number of rotatable bonds is 5. The number of imide groups is 1. The van der Waals surface area contributed by atoms with Gasteiger partial charge in [-0.25, -0.2) is 4.79 Å². The number of para-hydroxylation sites is 1. The number of hydrogen-bond acceptors (Lipinski definition) is 7. The molecule has 3 fully saturated rings. The first-order valence-corrected chi connectivity index (χ1v) is 11.6. The first-order valence-electron chi connectivity index (χ1n) is 11.6. The molecule has 2 aromatic rings. The van der Waals surface area contributed by atoms with E-state index in [2.05, 4.69) is 25.7 Å². The summed E-state index contributed by atoms with van der Waals surface area (Å²) in [6, 6.07) is 9.30. The van der Waals surface area contributed by atoms with Crippen LogP contribution in [0.3, 0.4) is 0 Å². The highest BCUT2D eigenvalue weighted by atomic mass is 16.2. The van der Waals surface area contributed by atoms with Crippen molar-refractivity contribution in [2.75, 3.05) is 37.6 Å². The average molecular weight is 453 g/mol. The van der Waals surface area contributed by atoms with Gasteiger partial charge in [-0.2, -0.15) is 4.68 Å². The third-order valence-corrected chi connectivity index (χ3v) is 6.87. The minimum atomic E-state index is -0.743. The Balaban J connectivity index is 1.15. The van der Waals surface area contributed by atoms with Crippen molar-refractivity contribution in [3.63, 3.8) is 0 Å². The Morgan fingerprint density at radius 1 is 1.00 bits per heavy atom. The van der Waals surface area contributed by atoms with Crippen molar-refractivity contribution in [2.24, 2.45) is 0 Å². The van der Waals surface area contributed by atoms with Gasteiger partial charge in [-0.1, -0.05) is 42.6 Å². The molecule has 0 radical (unpaired) electrons. The molecule has 1 aliphatic carbocycles. The number of carbonyl (C=O) groups is 3. The van der Waals surface area contributed by atoms with Gasteiger partial charge in [-0.3, -0.25) is 14.5 Å². The maximum Gasteiger partial charge on any atom is 0.325 e. The van der Waals surface area contributed by atoms with Crippen molar-refractivity contribution in [1.82, 2.24) is 35.3 Å². The monoisotopic (exact) mass is 452 g/mol. The quantitative estimate of drug-likeness (QED) is 0.672. The fourth-order valence-electron chi connectivity index (χ4n) is 5.01. The van der Waals surface area contributed by atoms with Gasteiger partial charge < -0.3 is 15.1 Å². The van der Waals surface area contributed by atoms with Gasteiger partial charge in [0.1, 0.15) is 5.54 Å². The molecule has 1 spiro atoms. The number of amides is 4. The summed E-state index contributed by atoms with van der Waals surface area (Å²) in [7, 11) is 0. The van der Waals surface area contributed by atoms with Crippen LogP contribution in [-0.4, -0.2) is 86.1 Å². The predicted molar refractivity (Wildman–Crippen MR) is 119 cm³/mol. The van der Waals surface area contributed by atoms with Crippen LogP contribution in [-0.2, 0) is 9.59 Å². The van der Waals surface area contributed by atoms with Crippen LogP contribution in [0, 0.1) is 0 Å². The molecule has 2 aliphatic heterocycles. The van der Waals surface area contributed by atoms with Gasteiger partial charge in [0.05, 0.1) is 5.69 Å². The highest BCUT2D eigenvalue weighted by molar-refractivity contribution is 6.07. The molecule has 11 heteroatoms. The van der Waals surface area contributed by atoms with Gasteiger partial charge in [0.2, 0.25) is 11.9 Å². The summed E-state index contributed by atoms with van der Waals surface area (Å²) in [5, 5.41) is 15.0. The van der Waals surface area contributed by atoms with Gasteiger partial charge in [0.15, 0.2) is 0 Å². The summed E-state index contributed by atoms with van der Waals surface area (Å²) in [6.07, 6.45) is 4.48. The van der Waals surface area contributed by atoms with Crippen LogP contribution in [0.5, 0.6) is 0 Å². The molecule has 2 saturated heterocycles. The molecule has 1 N–H and O–H groups in total. The minimum Gasteiger partial charge on any atom is -0.339 e. The number of carbonyl (C=O) groups excluding carboxylic acids is 3. The van der Waals surface area contributed by atoms with E-state index in [0.717, 1.165) is 24.9 Å². The van der Waals surface area contributed by atoms with E-state index in [1.165, 1.54) is 4.90 Å². The summed E-state index contributed by atoms with van der Waals surface area (Å²) in [5.74, 6) is 0.422. The fourth-order valence-corrected chi connectivity index (χ4v) is 5.01. The van der Waals surface area contributed by atoms with Gasteiger partial charge >= 0.3 is 6.03 Å². The van der Waals surface area contributed by atoms with Crippen LogP contribution < -0.4 is 10.2 Å². The van der Waals surface area contributed by atoms with E-state index in [-0.39, 0.29) is 30.8 Å². The molecular weight excluding hydrogens is 424 g/mol. The maximum absolute atomic E-state index is 12.9. The second-order valence-electron chi connectivity index (χ2n) is 8.87. The van der Waals surface area contributed by atoms with Gasteiger partial charge in [-0.05, 0) is 35.4 Å². The molecule has 0 unspecified atom stereocenters.